The number of halogens is 1. The van der Waals surface area contributed by atoms with Gasteiger partial charge in [0.2, 0.25) is 0 Å². The second-order valence-corrected chi connectivity index (χ2v) is 9.06. The molecule has 2 fully saturated rings. The summed E-state index contributed by atoms with van der Waals surface area (Å²) in [5.41, 5.74) is 7.14. The zero-order valence-corrected chi connectivity index (χ0v) is 19.1. The fourth-order valence-electron chi connectivity index (χ4n) is 4.85. The van der Waals surface area contributed by atoms with Crippen LogP contribution in [0.5, 0.6) is 0 Å². The van der Waals surface area contributed by atoms with Gasteiger partial charge >= 0.3 is 0 Å². The minimum atomic E-state index is -0.548. The highest BCUT2D eigenvalue weighted by atomic mass is 35.5. The first kappa shape index (κ1) is 22.8. The number of hydrogen-bond donors (Lipinski definition) is 2. The van der Waals surface area contributed by atoms with Crippen molar-refractivity contribution in [2.75, 3.05) is 38.2 Å². The molecule has 1 amide bonds. The molecule has 0 radical (unpaired) electrons. The third kappa shape index (κ3) is 4.53. The maximum absolute atomic E-state index is 12.7. The van der Waals surface area contributed by atoms with Crippen molar-refractivity contribution in [3.05, 3.63) is 57.3 Å². The first-order chi connectivity index (χ1) is 15.5. The van der Waals surface area contributed by atoms with Crippen LogP contribution < -0.4 is 21.5 Å². The molecule has 1 saturated heterocycles. The number of nitrogens with zero attached hydrogens (tertiary/aromatic N) is 3. The van der Waals surface area contributed by atoms with E-state index in [4.69, 9.17) is 27.2 Å². The smallest absolute Gasteiger partial charge is 0.267 e. The van der Waals surface area contributed by atoms with E-state index in [0.29, 0.717) is 37.1 Å². The number of amides is 1. The second kappa shape index (κ2) is 9.60. The summed E-state index contributed by atoms with van der Waals surface area (Å²) in [5.74, 6) is 0.529. The monoisotopic (exact) mass is 459 g/mol. The number of likely N-dealkylation sites (N-methyl/N-ethyl adjacent to an activating group) is 1. The summed E-state index contributed by atoms with van der Waals surface area (Å²) in [7, 11) is 1.59. The molecular weight excluding hydrogens is 430 g/mol. The van der Waals surface area contributed by atoms with Gasteiger partial charge in [-0.1, -0.05) is 23.7 Å². The molecule has 2 aromatic rings. The van der Waals surface area contributed by atoms with Gasteiger partial charge in [0.05, 0.1) is 19.2 Å². The van der Waals surface area contributed by atoms with E-state index in [1.807, 2.05) is 23.1 Å². The molecule has 8 nitrogen and oxygen atoms in total. The van der Waals surface area contributed by atoms with Crippen LogP contribution in [0.3, 0.4) is 0 Å². The van der Waals surface area contributed by atoms with Gasteiger partial charge in [-0.05, 0) is 49.4 Å². The van der Waals surface area contributed by atoms with Gasteiger partial charge in [0.1, 0.15) is 5.82 Å². The van der Waals surface area contributed by atoms with E-state index in [1.54, 1.807) is 23.9 Å². The van der Waals surface area contributed by atoms with Crippen LogP contribution in [0.4, 0.5) is 5.82 Å². The van der Waals surface area contributed by atoms with E-state index in [9.17, 15) is 9.59 Å². The van der Waals surface area contributed by atoms with E-state index < -0.39 is 6.10 Å². The second-order valence-electron chi connectivity index (χ2n) is 8.62. The quantitative estimate of drug-likeness (QED) is 0.707. The van der Waals surface area contributed by atoms with Crippen LogP contribution in [0.2, 0.25) is 5.02 Å². The van der Waals surface area contributed by atoms with Gasteiger partial charge < -0.3 is 20.7 Å². The van der Waals surface area contributed by atoms with Crippen molar-refractivity contribution in [3.8, 4) is 0 Å². The molecule has 0 spiro atoms. The van der Waals surface area contributed by atoms with Crippen molar-refractivity contribution in [1.82, 2.24) is 15.1 Å². The molecule has 9 heteroatoms. The van der Waals surface area contributed by atoms with Gasteiger partial charge in [0.15, 0.2) is 6.10 Å². The Morgan fingerprint density at radius 2 is 2.09 bits per heavy atom. The number of aromatic nitrogens is 2. The number of nitrogens with two attached hydrogens (primary N) is 1. The largest absolute Gasteiger partial charge is 0.365 e. The Morgan fingerprint density at radius 3 is 2.78 bits per heavy atom. The standard InChI is InChI=1S/C23H30ClN5O3/c1-26-22(31)19-14-28(11-12-32-19)20-5-6-21(30)29(27-20)18-7-9-23(15-25,10-8-18)16-3-2-4-17(24)13-16/h2-6,13,18-19H,7-12,14-15,25H2,1H3,(H,26,31)/t18-,19?,23-. The molecule has 2 aliphatic rings. The summed E-state index contributed by atoms with van der Waals surface area (Å²) >= 11 is 6.22. The highest BCUT2D eigenvalue weighted by Gasteiger charge is 2.37. The Bertz CT molecular complexity index is 1020. The molecule has 1 unspecified atom stereocenters. The number of carbonyl (C=O) groups excluding carboxylic acids is 1. The van der Waals surface area contributed by atoms with Crippen LogP contribution in [0.15, 0.2) is 41.2 Å². The lowest BCUT2D eigenvalue weighted by Crippen LogP contribution is -2.50. The molecule has 32 heavy (non-hydrogen) atoms. The van der Waals surface area contributed by atoms with Crippen LogP contribution in [0.25, 0.3) is 0 Å². The van der Waals surface area contributed by atoms with Gasteiger partial charge in [-0.15, -0.1) is 0 Å². The molecule has 1 aliphatic carbocycles. The van der Waals surface area contributed by atoms with E-state index in [0.717, 1.165) is 31.2 Å². The molecule has 4 rings (SSSR count). The van der Waals surface area contributed by atoms with Crippen LogP contribution in [0.1, 0.15) is 37.3 Å². The van der Waals surface area contributed by atoms with Gasteiger partial charge in [-0.2, -0.15) is 5.10 Å². The average Bonchev–Trinajstić information content (AvgIpc) is 2.84. The van der Waals surface area contributed by atoms with Crippen molar-refractivity contribution in [2.24, 2.45) is 5.73 Å². The van der Waals surface area contributed by atoms with E-state index in [-0.39, 0.29) is 22.9 Å². The first-order valence-corrected chi connectivity index (χ1v) is 11.5. The van der Waals surface area contributed by atoms with Gasteiger partial charge in [-0.25, -0.2) is 4.68 Å². The molecular formula is C23H30ClN5O3. The molecule has 0 bridgehead atoms. The number of carbonyl (C=O) groups is 1. The van der Waals surface area contributed by atoms with Crippen molar-refractivity contribution in [3.63, 3.8) is 0 Å². The summed E-state index contributed by atoms with van der Waals surface area (Å²) in [6, 6.07) is 11.2. The first-order valence-electron chi connectivity index (χ1n) is 11.1. The number of morpholine rings is 1. The topological polar surface area (TPSA) is 102 Å². The summed E-state index contributed by atoms with van der Waals surface area (Å²) in [5, 5.41) is 8.03. The lowest BCUT2D eigenvalue weighted by atomic mass is 9.68. The average molecular weight is 460 g/mol. The van der Waals surface area contributed by atoms with Crippen LogP contribution in [0, 0.1) is 0 Å². The molecule has 3 N–H and O–H groups in total. The molecule has 1 atom stereocenters. The maximum Gasteiger partial charge on any atom is 0.267 e. The third-order valence-electron chi connectivity index (χ3n) is 6.83. The molecule has 1 saturated carbocycles. The predicted molar refractivity (Wildman–Crippen MR) is 124 cm³/mol. The van der Waals surface area contributed by atoms with Gasteiger partial charge in [0.25, 0.3) is 11.5 Å². The predicted octanol–water partition coefficient (Wildman–Crippen LogP) is 1.86. The van der Waals surface area contributed by atoms with Crippen LogP contribution in [-0.2, 0) is 14.9 Å². The minimum absolute atomic E-state index is 0.0112. The minimum Gasteiger partial charge on any atom is -0.365 e. The number of hydrogen-bond acceptors (Lipinski definition) is 6. The SMILES string of the molecule is CNC(=O)C1CN(c2ccc(=O)n([C@H]3CC[C@](CN)(c4cccc(Cl)c4)CC3)n2)CCO1. The van der Waals surface area contributed by atoms with Crippen molar-refractivity contribution < 1.29 is 9.53 Å². The molecule has 1 aliphatic heterocycles. The van der Waals surface area contributed by atoms with Gasteiger partial charge in [-0.3, -0.25) is 9.59 Å². The summed E-state index contributed by atoms with van der Waals surface area (Å²) in [6.45, 7) is 1.99. The molecule has 1 aromatic heterocycles. The van der Waals surface area contributed by atoms with Crippen molar-refractivity contribution in [2.45, 2.75) is 43.2 Å². The highest BCUT2D eigenvalue weighted by Crippen LogP contribution is 2.42. The number of benzene rings is 1. The van der Waals surface area contributed by atoms with Crippen molar-refractivity contribution >= 4 is 23.3 Å². The summed E-state index contributed by atoms with van der Waals surface area (Å²) in [6.07, 6.45) is 2.80. The summed E-state index contributed by atoms with van der Waals surface area (Å²) in [4.78, 5) is 26.6. The van der Waals surface area contributed by atoms with E-state index >= 15 is 0 Å². The fraction of sp³-hybridized carbons (Fsp3) is 0.522. The zero-order chi connectivity index (χ0) is 22.7. The lowest BCUT2D eigenvalue weighted by Gasteiger charge is -2.40. The number of rotatable bonds is 5. The zero-order valence-electron chi connectivity index (χ0n) is 18.3. The normalized spacial score (nSPS) is 26.0. The number of nitrogens with one attached hydrogen (secondary N) is 1. The van der Waals surface area contributed by atoms with Gasteiger partial charge in [0, 0.05) is 36.6 Å². The Morgan fingerprint density at radius 1 is 1.31 bits per heavy atom. The maximum atomic E-state index is 12.7. The van der Waals surface area contributed by atoms with Crippen molar-refractivity contribution in [1.29, 1.82) is 0 Å². The lowest BCUT2D eigenvalue weighted by molar-refractivity contribution is -0.132. The Hall–Kier alpha value is -2.42. The third-order valence-corrected chi connectivity index (χ3v) is 7.06. The van der Waals surface area contributed by atoms with Crippen LogP contribution in [-0.4, -0.2) is 55.1 Å². The molecule has 1 aromatic carbocycles. The number of anilines is 1. The fourth-order valence-corrected chi connectivity index (χ4v) is 5.04. The van der Waals surface area contributed by atoms with Crippen LogP contribution >= 0.6 is 11.6 Å². The molecule has 2 heterocycles. The molecule has 172 valence electrons. The Kier molecular flexibility index (Phi) is 6.83. The van der Waals surface area contributed by atoms with E-state index in [2.05, 4.69) is 11.4 Å². The summed E-state index contributed by atoms with van der Waals surface area (Å²) < 4.78 is 7.18. The number of ether oxygens (including phenoxy) is 1. The highest BCUT2D eigenvalue weighted by molar-refractivity contribution is 6.30. The van der Waals surface area contributed by atoms with E-state index in [1.165, 1.54) is 0 Å². The Balaban J connectivity index is 1.51. The Labute approximate surface area is 192 Å².